The first-order valence-electron chi connectivity index (χ1n) is 14.2. The van der Waals surface area contributed by atoms with Gasteiger partial charge in [-0.15, -0.1) is 0 Å². The third kappa shape index (κ3) is 5.34. The highest BCUT2D eigenvalue weighted by molar-refractivity contribution is 6.31. The van der Waals surface area contributed by atoms with E-state index in [1.165, 1.54) is 19.2 Å². The molecule has 3 aromatic carbocycles. The number of nitrogens with zero attached hydrogens (tertiary/aromatic N) is 1. The number of aromatic carboxylic acids is 1. The fourth-order valence-electron chi connectivity index (χ4n) is 7.03. The van der Waals surface area contributed by atoms with Crippen molar-refractivity contribution in [3.63, 3.8) is 0 Å². The Bertz CT molecular complexity index is 1500. The maximum Gasteiger partial charge on any atom is 0.335 e. The number of carbonyl (C=O) groups excluding carboxylic acids is 1. The van der Waals surface area contributed by atoms with Crippen LogP contribution in [-0.4, -0.2) is 54.2 Å². The lowest BCUT2D eigenvalue weighted by Crippen LogP contribution is -2.48. The van der Waals surface area contributed by atoms with E-state index in [4.69, 9.17) is 27.9 Å². The van der Waals surface area contributed by atoms with Crippen molar-refractivity contribution in [3.05, 3.63) is 87.4 Å². The van der Waals surface area contributed by atoms with Crippen molar-refractivity contribution in [3.8, 4) is 5.75 Å². The Kier molecular flexibility index (Phi) is 8.23. The molecule has 5 rings (SSSR count). The van der Waals surface area contributed by atoms with Gasteiger partial charge in [-0.1, -0.05) is 69.1 Å². The number of ether oxygens (including phenoxy) is 1. The number of amides is 1. The van der Waals surface area contributed by atoms with E-state index in [2.05, 4.69) is 49.3 Å². The number of carboxylic acid groups (broad SMARTS) is 1. The summed E-state index contributed by atoms with van der Waals surface area (Å²) in [6, 6.07) is 17.8. The number of hydrogen-bond donors (Lipinski definition) is 3. The van der Waals surface area contributed by atoms with Gasteiger partial charge in [0.2, 0.25) is 5.91 Å². The zero-order valence-electron chi connectivity index (χ0n) is 24.5. The minimum absolute atomic E-state index is 0.0186. The van der Waals surface area contributed by atoms with Crippen LogP contribution in [-0.2, 0) is 10.2 Å². The number of benzene rings is 3. The molecule has 2 heterocycles. The van der Waals surface area contributed by atoms with E-state index >= 15 is 0 Å². The van der Waals surface area contributed by atoms with Crippen LogP contribution in [0, 0.1) is 5.41 Å². The fourth-order valence-corrected chi connectivity index (χ4v) is 7.33. The molecule has 1 amide bonds. The number of carbonyl (C=O) groups is 2. The van der Waals surface area contributed by atoms with Crippen LogP contribution < -0.4 is 15.4 Å². The molecule has 0 saturated carbocycles. The standard InChI is InChI=1S/C33H37Cl2N3O4/c1-6-38-27(17-32(2,3)4)33(18-36-25-16-22(35)12-13-23(25)33)28(19-7-10-21(34)11-8-19)29(38)30(39)37-24-14-9-20(31(40)41)15-26(24)42-5/h7-16,27-29,36H,6,17-18H2,1-5H3,(H,37,39)(H,40,41)/t27-,28-,29+,33-/m0/s1. The quantitative estimate of drug-likeness (QED) is 0.260. The summed E-state index contributed by atoms with van der Waals surface area (Å²) in [4.78, 5) is 28.4. The molecule has 0 aliphatic carbocycles. The van der Waals surface area contributed by atoms with E-state index in [1.54, 1.807) is 6.07 Å². The molecule has 0 aromatic heterocycles. The molecule has 222 valence electrons. The molecule has 1 fully saturated rings. The van der Waals surface area contributed by atoms with Crippen LogP contribution in [0.3, 0.4) is 0 Å². The van der Waals surface area contributed by atoms with Crippen molar-refractivity contribution in [2.24, 2.45) is 5.41 Å². The van der Waals surface area contributed by atoms with Gasteiger partial charge in [0.1, 0.15) is 5.75 Å². The largest absolute Gasteiger partial charge is 0.495 e. The number of likely N-dealkylation sites (tertiary alicyclic amines) is 1. The van der Waals surface area contributed by atoms with E-state index in [0.29, 0.717) is 28.8 Å². The normalized spacial score (nSPS) is 23.5. The first kappa shape index (κ1) is 30.2. The Morgan fingerprint density at radius 1 is 1.07 bits per heavy atom. The highest BCUT2D eigenvalue weighted by atomic mass is 35.5. The van der Waals surface area contributed by atoms with Gasteiger partial charge in [0.15, 0.2) is 0 Å². The lowest BCUT2D eigenvalue weighted by molar-refractivity contribution is -0.121. The number of anilines is 2. The monoisotopic (exact) mass is 609 g/mol. The summed E-state index contributed by atoms with van der Waals surface area (Å²) in [6.07, 6.45) is 0.856. The smallest absolute Gasteiger partial charge is 0.335 e. The SMILES string of the molecule is CCN1[C@@H](CC(C)(C)C)[C@@]2(CNc3cc(Cl)ccc32)[C@@H](c2ccc(Cl)cc2)[C@@H]1C(=O)Nc1ccc(C(=O)O)cc1OC. The van der Waals surface area contributed by atoms with Gasteiger partial charge in [-0.2, -0.15) is 0 Å². The lowest BCUT2D eigenvalue weighted by Gasteiger charge is -2.41. The second-order valence-electron chi connectivity index (χ2n) is 12.4. The van der Waals surface area contributed by atoms with Crippen molar-refractivity contribution >= 4 is 46.5 Å². The Hall–Kier alpha value is -3.26. The van der Waals surface area contributed by atoms with Crippen LogP contribution in [0.15, 0.2) is 60.7 Å². The number of hydrogen-bond acceptors (Lipinski definition) is 5. The molecule has 2 aliphatic rings. The van der Waals surface area contributed by atoms with Gasteiger partial charge >= 0.3 is 5.97 Å². The van der Waals surface area contributed by atoms with Gasteiger partial charge in [0.05, 0.1) is 24.4 Å². The van der Waals surface area contributed by atoms with Crippen molar-refractivity contribution in [2.45, 2.75) is 57.5 Å². The maximum atomic E-state index is 14.5. The maximum absolute atomic E-state index is 14.5. The number of nitrogens with one attached hydrogen (secondary N) is 2. The minimum Gasteiger partial charge on any atom is -0.495 e. The van der Waals surface area contributed by atoms with E-state index in [9.17, 15) is 14.7 Å². The zero-order valence-corrected chi connectivity index (χ0v) is 26.0. The van der Waals surface area contributed by atoms with E-state index in [-0.39, 0.29) is 34.6 Å². The molecule has 7 nitrogen and oxygen atoms in total. The molecule has 4 atom stereocenters. The summed E-state index contributed by atoms with van der Waals surface area (Å²) in [5.41, 5.74) is 3.19. The molecular formula is C33H37Cl2N3O4. The Morgan fingerprint density at radius 3 is 2.38 bits per heavy atom. The summed E-state index contributed by atoms with van der Waals surface area (Å²) < 4.78 is 5.49. The van der Waals surface area contributed by atoms with Crippen LogP contribution in [0.2, 0.25) is 10.0 Å². The summed E-state index contributed by atoms with van der Waals surface area (Å²) >= 11 is 12.8. The van der Waals surface area contributed by atoms with Gasteiger partial charge < -0.3 is 20.5 Å². The molecule has 2 aliphatic heterocycles. The van der Waals surface area contributed by atoms with E-state index in [1.807, 2.05) is 36.4 Å². The summed E-state index contributed by atoms with van der Waals surface area (Å²) in [5.74, 6) is -1.20. The van der Waals surface area contributed by atoms with Crippen molar-refractivity contribution in [2.75, 3.05) is 30.8 Å². The number of carboxylic acids is 1. The summed E-state index contributed by atoms with van der Waals surface area (Å²) in [7, 11) is 1.46. The predicted octanol–water partition coefficient (Wildman–Crippen LogP) is 7.29. The van der Waals surface area contributed by atoms with Crippen molar-refractivity contribution in [1.29, 1.82) is 0 Å². The third-order valence-electron chi connectivity index (χ3n) is 8.65. The van der Waals surface area contributed by atoms with Crippen LogP contribution in [0.4, 0.5) is 11.4 Å². The van der Waals surface area contributed by atoms with E-state index < -0.39 is 17.4 Å². The molecule has 1 spiro atoms. The van der Waals surface area contributed by atoms with Gasteiger partial charge in [0.25, 0.3) is 0 Å². The molecule has 0 radical (unpaired) electrons. The zero-order chi connectivity index (χ0) is 30.4. The van der Waals surface area contributed by atoms with Crippen molar-refractivity contribution in [1.82, 2.24) is 4.90 Å². The predicted molar refractivity (Wildman–Crippen MR) is 168 cm³/mol. The van der Waals surface area contributed by atoms with Gasteiger partial charge in [0, 0.05) is 39.7 Å². The summed E-state index contributed by atoms with van der Waals surface area (Å²) in [6.45, 7) is 10.1. The first-order chi connectivity index (χ1) is 19.9. The van der Waals surface area contributed by atoms with Crippen LogP contribution in [0.5, 0.6) is 5.75 Å². The molecule has 3 N–H and O–H groups in total. The number of likely N-dealkylation sites (N-methyl/N-ethyl adjacent to an activating group) is 1. The number of halogens is 2. The highest BCUT2D eigenvalue weighted by Gasteiger charge is 2.64. The van der Waals surface area contributed by atoms with Gasteiger partial charge in [-0.05, 0) is 72.0 Å². The topological polar surface area (TPSA) is 90.9 Å². The molecule has 3 aromatic rings. The number of fused-ring (bicyclic) bond motifs is 2. The van der Waals surface area contributed by atoms with Crippen LogP contribution >= 0.6 is 23.2 Å². The molecule has 9 heteroatoms. The second kappa shape index (κ2) is 11.4. The highest BCUT2D eigenvalue weighted by Crippen LogP contribution is 2.59. The number of methoxy groups -OCH3 is 1. The Labute approximate surface area is 257 Å². The molecule has 0 unspecified atom stereocenters. The van der Waals surface area contributed by atoms with Gasteiger partial charge in [-0.25, -0.2) is 4.79 Å². The lowest BCUT2D eigenvalue weighted by atomic mass is 9.63. The number of rotatable bonds is 7. The molecular weight excluding hydrogens is 573 g/mol. The molecule has 42 heavy (non-hydrogen) atoms. The Balaban J connectivity index is 1.69. The average molecular weight is 611 g/mol. The average Bonchev–Trinajstić information content (AvgIpc) is 3.43. The first-order valence-corrected chi connectivity index (χ1v) is 14.9. The molecule has 0 bridgehead atoms. The summed E-state index contributed by atoms with van der Waals surface area (Å²) in [5, 5.41) is 17.5. The van der Waals surface area contributed by atoms with E-state index in [0.717, 1.165) is 23.2 Å². The van der Waals surface area contributed by atoms with Gasteiger partial charge in [-0.3, -0.25) is 9.69 Å². The van der Waals surface area contributed by atoms with Crippen LogP contribution in [0.1, 0.15) is 61.5 Å². The van der Waals surface area contributed by atoms with Crippen molar-refractivity contribution < 1.29 is 19.4 Å². The molecule has 1 saturated heterocycles. The minimum atomic E-state index is -1.07. The Morgan fingerprint density at radius 2 is 1.76 bits per heavy atom. The second-order valence-corrected chi connectivity index (χ2v) is 13.3. The fraction of sp³-hybridized carbons (Fsp3) is 0.394. The third-order valence-corrected chi connectivity index (χ3v) is 9.14. The van der Waals surface area contributed by atoms with Crippen LogP contribution in [0.25, 0.3) is 0 Å².